The lowest BCUT2D eigenvalue weighted by Gasteiger charge is -2.11. The maximum absolute atomic E-state index is 11.1. The van der Waals surface area contributed by atoms with Gasteiger partial charge in [-0.05, 0) is 12.5 Å². The molecule has 0 radical (unpaired) electrons. The third-order valence-corrected chi connectivity index (χ3v) is 4.13. The van der Waals surface area contributed by atoms with E-state index in [0.717, 1.165) is 43.5 Å². The van der Waals surface area contributed by atoms with E-state index in [2.05, 4.69) is 6.92 Å². The second-order valence-electron chi connectivity index (χ2n) is 4.78. The van der Waals surface area contributed by atoms with E-state index in [1.807, 2.05) is 0 Å². The van der Waals surface area contributed by atoms with Crippen molar-refractivity contribution in [1.82, 2.24) is 0 Å². The van der Waals surface area contributed by atoms with Crippen LogP contribution in [0.5, 0.6) is 0 Å². The maximum atomic E-state index is 11.1. The van der Waals surface area contributed by atoms with Gasteiger partial charge >= 0.3 is 0 Å². The lowest BCUT2D eigenvalue weighted by Crippen LogP contribution is -1.99. The third kappa shape index (κ3) is 5.71. The smallest absolute Gasteiger partial charge is 0.258 e. The number of nitro benzene ring substituents is 2. The van der Waals surface area contributed by atoms with Gasteiger partial charge in [0, 0.05) is 12.7 Å². The molecule has 0 N–H and O–H groups in total. The predicted molar refractivity (Wildman–Crippen MR) is 83.8 cm³/mol. The minimum atomic E-state index is -0.894. The lowest BCUT2D eigenvalue weighted by molar-refractivity contribution is -0.396. The number of unbranched alkanes of at least 4 members (excludes halogenated alkanes) is 3. The summed E-state index contributed by atoms with van der Waals surface area (Å²) >= 11 is 1.08. The van der Waals surface area contributed by atoms with Crippen LogP contribution < -0.4 is 0 Å². The number of hydrogen-bond donors (Lipinski definition) is 0. The van der Waals surface area contributed by atoms with E-state index in [0.29, 0.717) is 11.3 Å². The first-order chi connectivity index (χ1) is 10.3. The fourth-order valence-corrected chi connectivity index (χ4v) is 2.88. The minimum Gasteiger partial charge on any atom is -0.258 e. The number of rotatable bonds is 9. The van der Waals surface area contributed by atoms with Gasteiger partial charge in [-0.15, -0.1) is 11.8 Å². The highest BCUT2D eigenvalue weighted by Gasteiger charge is 2.21. The molecule has 0 spiro atoms. The Labute approximate surface area is 129 Å². The Morgan fingerprint density at radius 2 is 1.95 bits per heavy atom. The van der Waals surface area contributed by atoms with E-state index >= 15 is 0 Å². The Balaban J connectivity index is 2.87. The van der Waals surface area contributed by atoms with Crippen LogP contribution in [0.25, 0.3) is 0 Å². The van der Waals surface area contributed by atoms with Gasteiger partial charge in [0.15, 0.2) is 0 Å². The summed E-state index contributed by atoms with van der Waals surface area (Å²) in [4.78, 5) is 20.8. The largest absolute Gasteiger partial charge is 0.289 e. The summed E-state index contributed by atoms with van der Waals surface area (Å²) in [5.41, 5.74) is -0.628. The Morgan fingerprint density at radius 3 is 2.52 bits per heavy atom. The van der Waals surface area contributed by atoms with Crippen molar-refractivity contribution in [3.63, 3.8) is 0 Å². The van der Waals surface area contributed by atoms with Gasteiger partial charge in [0.2, 0.25) is 0 Å². The van der Waals surface area contributed by atoms with Crippen LogP contribution >= 0.6 is 11.8 Å². The molecule has 0 heterocycles. The van der Waals surface area contributed by atoms with Crippen LogP contribution in [0.4, 0.5) is 11.4 Å². The second-order valence-corrected chi connectivity index (χ2v) is 6.12. The number of non-ortho nitro benzene ring substituents is 1. The number of thioether (sulfide) groups is 1. The summed E-state index contributed by atoms with van der Waals surface area (Å²) in [5, 5.41) is 20.9. The van der Waals surface area contributed by atoms with Crippen molar-refractivity contribution in [2.75, 3.05) is 0 Å². The van der Waals surface area contributed by atoms with Gasteiger partial charge < -0.3 is 0 Å². The standard InChI is InChI=1S/C14H20N2O4S/c1-3-4-5-6-7-11(2)21-14-9-8-12(15(17)18)10-13(14)16(19)20/h8-11H,3-7H2,1-2H3/t11-/m1/s1/i11D. The van der Waals surface area contributed by atoms with Crippen molar-refractivity contribution < 1.29 is 11.2 Å². The van der Waals surface area contributed by atoms with Crippen LogP contribution in [-0.4, -0.2) is 15.1 Å². The van der Waals surface area contributed by atoms with E-state index in [1.165, 1.54) is 12.1 Å². The molecule has 1 atom stereocenters. The first-order valence-corrected chi connectivity index (χ1v) is 7.70. The first-order valence-electron chi connectivity index (χ1n) is 7.38. The van der Waals surface area contributed by atoms with E-state index in [4.69, 9.17) is 1.37 Å². The molecule has 0 amide bonds. The van der Waals surface area contributed by atoms with Crippen molar-refractivity contribution in [3.8, 4) is 0 Å². The Morgan fingerprint density at radius 1 is 1.24 bits per heavy atom. The van der Waals surface area contributed by atoms with Crippen LogP contribution in [0.2, 0.25) is 0 Å². The fourth-order valence-electron chi connectivity index (χ4n) is 1.89. The average molecular weight is 313 g/mol. The second kappa shape index (κ2) is 8.61. The molecule has 0 fully saturated rings. The molecule has 21 heavy (non-hydrogen) atoms. The fraction of sp³-hybridized carbons (Fsp3) is 0.571. The topological polar surface area (TPSA) is 86.3 Å². The zero-order valence-electron chi connectivity index (χ0n) is 13.2. The zero-order valence-corrected chi connectivity index (χ0v) is 13.0. The Hall–Kier alpha value is -1.63. The molecule has 0 aliphatic heterocycles. The minimum absolute atomic E-state index is 0.295. The van der Waals surface area contributed by atoms with Gasteiger partial charge in [-0.2, -0.15) is 0 Å². The molecule has 0 aromatic heterocycles. The molecule has 6 nitrogen and oxygen atoms in total. The predicted octanol–water partition coefficient (Wildman–Crippen LogP) is 4.95. The van der Waals surface area contributed by atoms with E-state index < -0.39 is 15.1 Å². The molecule has 1 aromatic rings. The SMILES string of the molecule is [2H][C@@](C)(CCCCCC)Sc1ccc([N+](=O)[O-])cc1[N+](=O)[O-]. The van der Waals surface area contributed by atoms with E-state index in [1.54, 1.807) is 6.92 Å². The van der Waals surface area contributed by atoms with Crippen LogP contribution in [-0.2, 0) is 0 Å². The molecular weight excluding hydrogens is 292 g/mol. The van der Waals surface area contributed by atoms with Gasteiger partial charge in [-0.1, -0.05) is 39.5 Å². The number of nitrogens with zero attached hydrogens (tertiary/aromatic N) is 2. The van der Waals surface area contributed by atoms with Gasteiger partial charge in [-0.3, -0.25) is 20.2 Å². The molecule has 1 rings (SSSR count). The van der Waals surface area contributed by atoms with Crippen molar-refractivity contribution >= 4 is 23.1 Å². The highest BCUT2D eigenvalue weighted by atomic mass is 32.2. The summed E-state index contributed by atoms with van der Waals surface area (Å²) in [5.74, 6) is 0. The molecule has 0 aliphatic rings. The van der Waals surface area contributed by atoms with Crippen LogP contribution in [0.1, 0.15) is 47.3 Å². The number of nitro groups is 2. The molecule has 0 unspecified atom stereocenters. The summed E-state index contributed by atoms with van der Waals surface area (Å²) in [7, 11) is 0. The van der Waals surface area contributed by atoms with Crippen molar-refractivity contribution in [3.05, 3.63) is 38.4 Å². The average Bonchev–Trinajstić information content (AvgIpc) is 2.43. The highest BCUT2D eigenvalue weighted by Crippen LogP contribution is 2.36. The van der Waals surface area contributed by atoms with Crippen molar-refractivity contribution in [2.24, 2.45) is 0 Å². The third-order valence-electron chi connectivity index (χ3n) is 3.02. The quantitative estimate of drug-likeness (QED) is 0.278. The lowest BCUT2D eigenvalue weighted by atomic mass is 10.1. The molecular formula is C14H20N2O4S. The molecule has 1 aromatic carbocycles. The van der Waals surface area contributed by atoms with Crippen LogP contribution in [0.3, 0.4) is 0 Å². The Bertz CT molecular complexity index is 552. The van der Waals surface area contributed by atoms with E-state index in [-0.39, 0.29) is 11.4 Å². The normalized spacial score (nSPS) is 14.3. The highest BCUT2D eigenvalue weighted by molar-refractivity contribution is 8.00. The summed E-state index contributed by atoms with van der Waals surface area (Å²) in [6, 6.07) is 3.55. The molecule has 0 bridgehead atoms. The molecule has 0 aliphatic carbocycles. The molecule has 116 valence electrons. The van der Waals surface area contributed by atoms with Gasteiger partial charge in [-0.25, -0.2) is 0 Å². The van der Waals surface area contributed by atoms with Crippen LogP contribution in [0.15, 0.2) is 23.1 Å². The van der Waals surface area contributed by atoms with Crippen molar-refractivity contribution in [2.45, 2.75) is 56.1 Å². The number of hydrogen-bond acceptors (Lipinski definition) is 5. The molecule has 7 heteroatoms. The summed E-state index contributed by atoms with van der Waals surface area (Å²) in [6.45, 7) is 3.82. The van der Waals surface area contributed by atoms with E-state index in [9.17, 15) is 20.2 Å². The van der Waals surface area contributed by atoms with Crippen molar-refractivity contribution in [1.29, 1.82) is 0 Å². The van der Waals surface area contributed by atoms with Gasteiger partial charge in [0.1, 0.15) is 0 Å². The molecule has 0 saturated carbocycles. The monoisotopic (exact) mass is 313 g/mol. The van der Waals surface area contributed by atoms with Gasteiger partial charge in [0.25, 0.3) is 11.4 Å². The maximum Gasteiger partial charge on any atom is 0.289 e. The number of benzene rings is 1. The summed E-state index contributed by atoms with van der Waals surface area (Å²) < 4.78 is 8.28. The molecule has 0 saturated heterocycles. The summed E-state index contributed by atoms with van der Waals surface area (Å²) in [6.07, 6.45) is 4.76. The zero-order chi connectivity index (χ0) is 16.8. The van der Waals surface area contributed by atoms with Gasteiger partial charge in [0.05, 0.1) is 20.8 Å². The Kier molecular flexibility index (Phi) is 6.46. The van der Waals surface area contributed by atoms with Crippen LogP contribution in [0, 0.1) is 20.2 Å². The first kappa shape index (κ1) is 15.8.